The molecule has 0 fully saturated rings. The Morgan fingerprint density at radius 3 is 2.81 bits per heavy atom. The second-order valence-corrected chi connectivity index (χ2v) is 3.74. The first-order valence-corrected chi connectivity index (χ1v) is 5.05. The highest BCUT2D eigenvalue weighted by Gasteiger charge is 2.10. The minimum Gasteiger partial charge on any atom is -0.369 e. The summed E-state index contributed by atoms with van der Waals surface area (Å²) >= 11 is 10.4. The van der Waals surface area contributed by atoms with E-state index in [9.17, 15) is 4.39 Å². The van der Waals surface area contributed by atoms with E-state index >= 15 is 0 Å². The lowest BCUT2D eigenvalue weighted by Crippen LogP contribution is -2.01. The van der Waals surface area contributed by atoms with Crippen LogP contribution in [0.3, 0.4) is 0 Å². The van der Waals surface area contributed by atoms with Gasteiger partial charge in [0.05, 0.1) is 10.6 Å². The molecule has 0 bridgehead atoms. The van der Waals surface area contributed by atoms with E-state index < -0.39 is 5.82 Å². The summed E-state index contributed by atoms with van der Waals surface area (Å²) in [7, 11) is 0. The van der Waals surface area contributed by atoms with Gasteiger partial charge in [-0.25, -0.2) is 9.37 Å². The van der Waals surface area contributed by atoms with E-state index in [1.807, 2.05) is 0 Å². The third-order valence-electron chi connectivity index (χ3n) is 1.88. The number of aromatic amines is 1. The molecule has 2 rings (SSSR count). The number of hydrogen-bond acceptors (Lipinski definition) is 4. The van der Waals surface area contributed by atoms with Crippen molar-refractivity contribution < 1.29 is 4.39 Å². The van der Waals surface area contributed by atoms with E-state index in [4.69, 9.17) is 29.6 Å². The van der Waals surface area contributed by atoms with Crippen LogP contribution >= 0.6 is 23.8 Å². The average molecular weight is 257 g/mol. The smallest absolute Gasteiger partial charge is 0.224 e. The topological polar surface area (TPSA) is 67.6 Å². The predicted octanol–water partition coefficient (Wildman–Crippen LogP) is 2.58. The largest absolute Gasteiger partial charge is 0.369 e. The fourth-order valence-corrected chi connectivity index (χ4v) is 1.58. The van der Waals surface area contributed by atoms with Gasteiger partial charge in [-0.05, 0) is 24.4 Å². The molecule has 0 amide bonds. The second kappa shape index (κ2) is 4.15. The molecule has 0 saturated heterocycles. The van der Waals surface area contributed by atoms with E-state index in [1.54, 1.807) is 6.07 Å². The van der Waals surface area contributed by atoms with Crippen LogP contribution in [0.2, 0.25) is 5.02 Å². The Hall–Kier alpha value is -1.53. The zero-order chi connectivity index (χ0) is 11.7. The number of nitrogens with one attached hydrogen (secondary N) is 1. The average Bonchev–Trinajstić information content (AvgIpc) is 2.20. The van der Waals surface area contributed by atoms with Crippen molar-refractivity contribution in [2.24, 2.45) is 0 Å². The van der Waals surface area contributed by atoms with Crippen molar-refractivity contribution in [3.63, 3.8) is 0 Å². The zero-order valence-electron chi connectivity index (χ0n) is 7.87. The van der Waals surface area contributed by atoms with Crippen LogP contribution in [0.25, 0.3) is 11.4 Å². The maximum absolute atomic E-state index is 13.7. The van der Waals surface area contributed by atoms with Crippen LogP contribution in [0, 0.1) is 10.6 Å². The highest BCUT2D eigenvalue weighted by Crippen LogP contribution is 2.24. The second-order valence-electron chi connectivity index (χ2n) is 2.97. The number of nitrogens with zero attached hydrogens (tertiary/aromatic N) is 2. The molecule has 0 aliphatic rings. The molecule has 3 N–H and O–H groups in total. The summed E-state index contributed by atoms with van der Waals surface area (Å²) in [5.41, 5.74) is 5.66. The molecule has 0 spiro atoms. The first-order chi connectivity index (χ1) is 7.58. The van der Waals surface area contributed by atoms with Gasteiger partial charge >= 0.3 is 0 Å². The Balaban J connectivity index is 2.67. The van der Waals surface area contributed by atoms with Gasteiger partial charge < -0.3 is 10.7 Å². The lowest BCUT2D eigenvalue weighted by atomic mass is 10.2. The van der Waals surface area contributed by atoms with Crippen LogP contribution in [0.4, 0.5) is 10.3 Å². The van der Waals surface area contributed by atoms with Gasteiger partial charge in [-0.1, -0.05) is 17.7 Å². The molecule has 0 unspecified atom stereocenters. The first kappa shape index (κ1) is 11.0. The van der Waals surface area contributed by atoms with Gasteiger partial charge in [0.2, 0.25) is 10.7 Å². The number of nitrogens with two attached hydrogens (primary N) is 1. The van der Waals surface area contributed by atoms with Crippen molar-refractivity contribution in [3.8, 4) is 11.4 Å². The number of anilines is 1. The van der Waals surface area contributed by atoms with Crippen molar-refractivity contribution in [1.82, 2.24) is 15.0 Å². The van der Waals surface area contributed by atoms with Gasteiger partial charge in [0, 0.05) is 0 Å². The number of benzene rings is 1. The fraction of sp³-hybridized carbons (Fsp3) is 0. The Labute approximate surface area is 100 Å². The van der Waals surface area contributed by atoms with Crippen molar-refractivity contribution in [1.29, 1.82) is 0 Å². The first-order valence-electron chi connectivity index (χ1n) is 4.26. The van der Waals surface area contributed by atoms with Crippen LogP contribution in [0.15, 0.2) is 18.2 Å². The molecule has 82 valence electrons. The number of halogens is 2. The summed E-state index contributed by atoms with van der Waals surface area (Å²) in [4.78, 5) is 10.2. The van der Waals surface area contributed by atoms with Gasteiger partial charge in [0.25, 0.3) is 0 Å². The Morgan fingerprint density at radius 1 is 1.38 bits per heavy atom. The van der Waals surface area contributed by atoms with Crippen LogP contribution in [-0.2, 0) is 0 Å². The van der Waals surface area contributed by atoms with E-state index in [-0.39, 0.29) is 27.1 Å². The van der Waals surface area contributed by atoms with E-state index in [0.717, 1.165) is 0 Å². The van der Waals surface area contributed by atoms with E-state index in [0.29, 0.717) is 0 Å². The Bertz CT molecular complexity index is 598. The minimum atomic E-state index is -0.576. The summed E-state index contributed by atoms with van der Waals surface area (Å²) in [6.07, 6.45) is 0. The van der Waals surface area contributed by atoms with Crippen LogP contribution in [-0.4, -0.2) is 15.0 Å². The maximum Gasteiger partial charge on any atom is 0.224 e. The van der Waals surface area contributed by atoms with Crippen LogP contribution in [0.5, 0.6) is 0 Å². The number of H-pyrrole nitrogens is 1. The van der Waals surface area contributed by atoms with E-state index in [2.05, 4.69) is 15.0 Å². The summed E-state index contributed by atoms with van der Waals surface area (Å²) in [6.45, 7) is 0. The van der Waals surface area contributed by atoms with Crippen LogP contribution < -0.4 is 5.73 Å². The van der Waals surface area contributed by atoms with Crippen molar-refractivity contribution in [2.45, 2.75) is 0 Å². The monoisotopic (exact) mass is 256 g/mol. The quantitative estimate of drug-likeness (QED) is 0.770. The normalized spacial score (nSPS) is 10.4. The van der Waals surface area contributed by atoms with Gasteiger partial charge in [0.1, 0.15) is 5.82 Å². The van der Waals surface area contributed by atoms with Crippen molar-refractivity contribution in [3.05, 3.63) is 33.8 Å². The zero-order valence-corrected chi connectivity index (χ0v) is 9.44. The molecule has 0 radical (unpaired) electrons. The molecule has 16 heavy (non-hydrogen) atoms. The summed E-state index contributed by atoms with van der Waals surface area (Å²) in [5.74, 6) is -0.292. The van der Waals surface area contributed by atoms with Crippen molar-refractivity contribution >= 4 is 29.8 Å². The van der Waals surface area contributed by atoms with E-state index in [1.165, 1.54) is 12.1 Å². The molecular formula is C9H6ClFN4S. The molecule has 0 aliphatic carbocycles. The molecular weight excluding hydrogens is 251 g/mol. The van der Waals surface area contributed by atoms with Gasteiger partial charge in [-0.3, -0.25) is 0 Å². The van der Waals surface area contributed by atoms with Crippen LogP contribution in [0.1, 0.15) is 0 Å². The third-order valence-corrected chi connectivity index (χ3v) is 2.35. The highest BCUT2D eigenvalue weighted by molar-refractivity contribution is 7.71. The molecule has 1 aromatic heterocycles. The molecule has 0 atom stereocenters. The number of aromatic nitrogens is 3. The summed E-state index contributed by atoms with van der Waals surface area (Å²) in [5, 5.41) is 0.00834. The SMILES string of the molecule is Nc1nc(=S)nc(-c2cccc(Cl)c2F)[nH]1. The number of nitrogen functional groups attached to an aromatic ring is 1. The molecule has 7 heteroatoms. The standard InChI is InChI=1S/C9H6ClFN4S/c10-5-3-1-2-4(6(5)11)7-13-8(12)15-9(16)14-7/h1-3H,(H3,12,13,14,15,16). The fourth-order valence-electron chi connectivity index (χ4n) is 1.22. The van der Waals surface area contributed by atoms with Gasteiger partial charge in [-0.2, -0.15) is 4.98 Å². The minimum absolute atomic E-state index is 0.00834. The molecule has 4 nitrogen and oxygen atoms in total. The Kier molecular flexibility index (Phi) is 2.84. The highest BCUT2D eigenvalue weighted by atomic mass is 35.5. The third kappa shape index (κ3) is 2.02. The molecule has 1 heterocycles. The Morgan fingerprint density at radius 2 is 2.12 bits per heavy atom. The summed E-state index contributed by atoms with van der Waals surface area (Å²) in [6, 6.07) is 4.57. The maximum atomic E-state index is 13.7. The lowest BCUT2D eigenvalue weighted by Gasteiger charge is -2.04. The molecule has 2 aromatic rings. The summed E-state index contributed by atoms with van der Waals surface area (Å²) < 4.78 is 13.7. The molecule has 0 aliphatic heterocycles. The van der Waals surface area contributed by atoms with Gasteiger partial charge in [-0.15, -0.1) is 0 Å². The number of rotatable bonds is 1. The predicted molar refractivity (Wildman–Crippen MR) is 62.0 cm³/mol. The molecule has 1 aromatic carbocycles. The van der Waals surface area contributed by atoms with Gasteiger partial charge in [0.15, 0.2) is 5.82 Å². The number of hydrogen-bond donors (Lipinski definition) is 2. The lowest BCUT2D eigenvalue weighted by molar-refractivity contribution is 0.630. The van der Waals surface area contributed by atoms with Crippen molar-refractivity contribution in [2.75, 3.05) is 5.73 Å². The molecule has 0 saturated carbocycles.